The fraction of sp³-hybridized carbons (Fsp3) is 0.594. The third-order valence-corrected chi connectivity index (χ3v) is 10.4. The summed E-state index contributed by atoms with van der Waals surface area (Å²) in [7, 11) is 3.12. The van der Waals surface area contributed by atoms with E-state index in [2.05, 4.69) is 4.90 Å². The maximum atomic E-state index is 16.6. The van der Waals surface area contributed by atoms with Crippen LogP contribution in [0.3, 0.4) is 0 Å². The molecule has 4 aliphatic carbocycles. The molecular weight excluding hydrogens is 557 g/mol. The van der Waals surface area contributed by atoms with Crippen LogP contribution in [0.15, 0.2) is 28.7 Å². The number of hydrogen-bond donors (Lipinski definition) is 5. The van der Waals surface area contributed by atoms with Gasteiger partial charge in [0, 0.05) is 34.7 Å². The highest BCUT2D eigenvalue weighted by Gasteiger charge is 2.63. The van der Waals surface area contributed by atoms with Crippen molar-refractivity contribution in [2.75, 3.05) is 27.2 Å². The van der Waals surface area contributed by atoms with Gasteiger partial charge in [0.05, 0.1) is 11.6 Å². The number of hydrogen-bond acceptors (Lipinski definition) is 9. The van der Waals surface area contributed by atoms with E-state index in [1.54, 1.807) is 14.1 Å². The number of phenols is 1. The molecule has 1 aromatic rings. The zero-order chi connectivity index (χ0) is 31.8. The molecule has 1 aromatic carbocycles. The van der Waals surface area contributed by atoms with E-state index in [-0.39, 0.29) is 35.1 Å². The second-order valence-corrected chi connectivity index (χ2v) is 13.3. The first kappa shape index (κ1) is 31.2. The molecule has 234 valence electrons. The monoisotopic (exact) mass is 599 g/mol. The lowest BCUT2D eigenvalue weighted by molar-refractivity contribution is -0.148. The van der Waals surface area contributed by atoms with Crippen molar-refractivity contribution < 1.29 is 39.2 Å². The highest BCUT2D eigenvalue weighted by atomic mass is 19.1. The second-order valence-electron chi connectivity index (χ2n) is 13.3. The summed E-state index contributed by atoms with van der Waals surface area (Å²) in [5, 5.41) is 45.3. The van der Waals surface area contributed by atoms with Crippen molar-refractivity contribution in [3.63, 3.8) is 0 Å². The Balaban J connectivity index is 1.62. The molecular formula is C32H42FN3O7. The number of amides is 1. The molecule has 11 heteroatoms. The third-order valence-electron chi connectivity index (χ3n) is 10.4. The molecule has 0 aliphatic heterocycles. The summed E-state index contributed by atoms with van der Waals surface area (Å²) in [5.41, 5.74) is 0.598. The quantitative estimate of drug-likeness (QED) is 0.296. The number of fused-ring (bicyclic) bond motifs is 3. The zero-order valence-corrected chi connectivity index (χ0v) is 25.4. The molecule has 0 saturated heterocycles. The molecule has 1 fully saturated rings. The first-order valence-electron chi connectivity index (χ1n) is 15.0. The Morgan fingerprint density at radius 3 is 2.35 bits per heavy atom. The Kier molecular flexibility index (Phi) is 7.76. The molecule has 0 heterocycles. The first-order chi connectivity index (χ1) is 20.1. The number of carbonyl (C=O) groups excluding carboxylic acids is 3. The number of Topliss-reactive ketones (excluding diaryl/α,β-unsaturated/α-hetero) is 2. The molecule has 5 rings (SSSR count). The summed E-state index contributed by atoms with van der Waals surface area (Å²) < 4.78 is 16.6. The molecule has 6 N–H and O–H groups in total. The molecule has 4 aliphatic rings. The lowest BCUT2D eigenvalue weighted by atomic mass is 9.58. The van der Waals surface area contributed by atoms with Gasteiger partial charge in [-0.3, -0.25) is 24.2 Å². The molecule has 0 bridgehead atoms. The number of primary amides is 1. The second kappa shape index (κ2) is 10.7. The predicted molar refractivity (Wildman–Crippen MR) is 156 cm³/mol. The van der Waals surface area contributed by atoms with E-state index < -0.39 is 75.1 Å². The van der Waals surface area contributed by atoms with Crippen molar-refractivity contribution >= 4 is 17.5 Å². The number of carbonyl (C=O) groups is 3. The van der Waals surface area contributed by atoms with Crippen molar-refractivity contribution in [3.8, 4) is 5.75 Å². The maximum absolute atomic E-state index is 16.6. The summed E-state index contributed by atoms with van der Waals surface area (Å²) >= 11 is 0. The number of nitrogens with two attached hydrogens (primary N) is 1. The summed E-state index contributed by atoms with van der Waals surface area (Å²) in [4.78, 5) is 43.1. The van der Waals surface area contributed by atoms with Gasteiger partial charge in [-0.1, -0.05) is 19.8 Å². The van der Waals surface area contributed by atoms with Gasteiger partial charge < -0.3 is 26.2 Å². The predicted octanol–water partition coefficient (Wildman–Crippen LogP) is 3.01. The molecule has 0 radical (unpaired) electrons. The topological polar surface area (TPSA) is 165 Å². The summed E-state index contributed by atoms with van der Waals surface area (Å²) in [6.45, 7) is 7.26. The van der Waals surface area contributed by atoms with Crippen molar-refractivity contribution in [1.82, 2.24) is 9.80 Å². The molecule has 0 spiro atoms. The van der Waals surface area contributed by atoms with Crippen LogP contribution in [0, 0.1) is 23.6 Å². The summed E-state index contributed by atoms with van der Waals surface area (Å²) in [6, 6.07) is 0.157. The average Bonchev–Trinajstić information content (AvgIpc) is 3.44. The standard InChI is InChI=1S/C32H42FN3O7/c1-6-36(14-15-9-7-8-10-15)31(2,3)18-13-20(37)22-17(24(18)33)11-16-12-19-25(35(4)5)27(39)23(30(34)42)29(41)32(19,43)28(40)21(16)26(22)38/h13,15-16,19,25,37,39-40,43H,6-12,14H2,1-5H3,(H2,34,42)/t16-,19-,25-,32-/m0/s1. The number of nitrogens with zero attached hydrogens (tertiary/aromatic N) is 2. The third kappa shape index (κ3) is 4.50. The van der Waals surface area contributed by atoms with Crippen molar-refractivity contribution in [2.24, 2.45) is 23.5 Å². The van der Waals surface area contributed by atoms with Crippen LogP contribution in [0.4, 0.5) is 4.39 Å². The first-order valence-corrected chi connectivity index (χ1v) is 15.0. The van der Waals surface area contributed by atoms with Crippen molar-refractivity contribution in [3.05, 3.63) is 51.2 Å². The van der Waals surface area contributed by atoms with E-state index in [1.165, 1.54) is 23.8 Å². The molecule has 10 nitrogen and oxygen atoms in total. The fourth-order valence-corrected chi connectivity index (χ4v) is 8.17. The van der Waals surface area contributed by atoms with Gasteiger partial charge >= 0.3 is 0 Å². The number of rotatable bonds is 7. The molecule has 43 heavy (non-hydrogen) atoms. The number of aliphatic hydroxyl groups is 3. The highest BCUT2D eigenvalue weighted by Crippen LogP contribution is 2.53. The van der Waals surface area contributed by atoms with E-state index in [9.17, 15) is 34.8 Å². The van der Waals surface area contributed by atoms with E-state index in [0.717, 1.165) is 19.4 Å². The van der Waals surface area contributed by atoms with Crippen LogP contribution in [0.25, 0.3) is 0 Å². The summed E-state index contributed by atoms with van der Waals surface area (Å²) in [5.74, 6) is -7.67. The number of ketones is 2. The van der Waals surface area contributed by atoms with Crippen molar-refractivity contribution in [2.45, 2.75) is 76.5 Å². The molecule has 1 saturated carbocycles. The molecule has 0 unspecified atom stereocenters. The van der Waals surface area contributed by atoms with Crippen LogP contribution in [0.5, 0.6) is 5.75 Å². The molecule has 0 aromatic heterocycles. The van der Waals surface area contributed by atoms with Gasteiger partial charge in [0.15, 0.2) is 11.4 Å². The number of aliphatic hydroxyl groups excluding tert-OH is 2. The maximum Gasteiger partial charge on any atom is 0.255 e. The number of halogens is 1. The van der Waals surface area contributed by atoms with Gasteiger partial charge in [-0.25, -0.2) is 4.39 Å². The Hall–Kier alpha value is -3.28. The Bertz CT molecular complexity index is 1460. The van der Waals surface area contributed by atoms with Gasteiger partial charge in [0.25, 0.3) is 5.91 Å². The van der Waals surface area contributed by atoms with Gasteiger partial charge in [-0.2, -0.15) is 0 Å². The zero-order valence-electron chi connectivity index (χ0n) is 25.4. The van der Waals surface area contributed by atoms with Crippen LogP contribution in [-0.2, 0) is 21.5 Å². The van der Waals surface area contributed by atoms with Crippen molar-refractivity contribution in [1.29, 1.82) is 0 Å². The highest BCUT2D eigenvalue weighted by molar-refractivity contribution is 6.24. The van der Waals surface area contributed by atoms with E-state index in [0.29, 0.717) is 12.5 Å². The van der Waals surface area contributed by atoms with Crippen LogP contribution in [0.1, 0.15) is 74.4 Å². The number of phenolic OH excluding ortho intramolecular Hbond substituents is 1. The lowest BCUT2D eigenvalue weighted by Gasteiger charge is -2.50. The Morgan fingerprint density at radius 2 is 1.79 bits per heavy atom. The van der Waals surface area contributed by atoms with Gasteiger partial charge in [0.1, 0.15) is 28.7 Å². The minimum Gasteiger partial charge on any atom is -0.510 e. The number of benzene rings is 1. The van der Waals surface area contributed by atoms with Gasteiger partial charge in [-0.15, -0.1) is 0 Å². The largest absolute Gasteiger partial charge is 0.510 e. The van der Waals surface area contributed by atoms with E-state index >= 15 is 4.39 Å². The number of likely N-dealkylation sites (N-methyl/N-ethyl adjacent to an activating group) is 1. The Labute approximate surface area is 250 Å². The number of allylic oxidation sites excluding steroid dienone is 1. The molecule has 1 amide bonds. The minimum atomic E-state index is -2.73. The van der Waals surface area contributed by atoms with E-state index in [4.69, 9.17) is 5.73 Å². The van der Waals surface area contributed by atoms with E-state index in [1.807, 2.05) is 20.8 Å². The fourth-order valence-electron chi connectivity index (χ4n) is 8.17. The number of aromatic hydroxyl groups is 1. The molecule has 4 atom stereocenters. The average molecular weight is 600 g/mol. The van der Waals surface area contributed by atoms with Crippen LogP contribution < -0.4 is 5.73 Å². The van der Waals surface area contributed by atoms with Gasteiger partial charge in [-0.05, 0) is 78.1 Å². The lowest BCUT2D eigenvalue weighted by Crippen LogP contribution is -2.63. The smallest absolute Gasteiger partial charge is 0.255 e. The Morgan fingerprint density at radius 1 is 1.16 bits per heavy atom. The van der Waals surface area contributed by atoms with Crippen LogP contribution in [-0.4, -0.2) is 86.5 Å². The van der Waals surface area contributed by atoms with Gasteiger partial charge in [0.2, 0.25) is 5.78 Å². The van der Waals surface area contributed by atoms with Crippen LogP contribution >= 0.6 is 0 Å². The summed E-state index contributed by atoms with van der Waals surface area (Å²) in [6.07, 6.45) is 4.41. The normalized spacial score (nSPS) is 28.1. The minimum absolute atomic E-state index is 0.0121. The van der Waals surface area contributed by atoms with Crippen LogP contribution in [0.2, 0.25) is 0 Å². The SMILES string of the molecule is CCN(CC1CCCC1)C(C)(C)c1cc(O)c2c(c1F)C[C@H]1C[C@H]3[C@H](N(C)C)C(O)=C(C(N)=O)C(=O)[C@@]3(O)C(O)=C1C2=O.